The molecule has 0 bridgehead atoms. The standard InChI is InChI=1S/C17H26FNO/c1-13(2)9-19-10-15(12-20-11-14-7-8-14)16-5-3-4-6-17(16)18/h3-6,13-15,19H,7-12H2,1-2H3. The zero-order valence-corrected chi connectivity index (χ0v) is 12.6. The van der Waals surface area contributed by atoms with Crippen LogP contribution in [-0.4, -0.2) is 26.3 Å². The molecule has 1 fully saturated rings. The molecule has 0 heterocycles. The Labute approximate surface area is 121 Å². The molecule has 0 aromatic heterocycles. The lowest BCUT2D eigenvalue weighted by Crippen LogP contribution is -2.28. The Morgan fingerprint density at radius 3 is 2.65 bits per heavy atom. The van der Waals surface area contributed by atoms with Crippen molar-refractivity contribution in [1.82, 2.24) is 5.32 Å². The topological polar surface area (TPSA) is 21.3 Å². The number of ether oxygens (including phenoxy) is 1. The van der Waals surface area contributed by atoms with Crippen LogP contribution in [0, 0.1) is 17.7 Å². The van der Waals surface area contributed by atoms with Crippen molar-refractivity contribution < 1.29 is 9.13 Å². The fraction of sp³-hybridized carbons (Fsp3) is 0.647. The normalized spacial score (nSPS) is 16.6. The number of nitrogens with one attached hydrogen (secondary N) is 1. The van der Waals surface area contributed by atoms with Crippen LogP contribution in [0.15, 0.2) is 24.3 Å². The van der Waals surface area contributed by atoms with Crippen LogP contribution in [0.4, 0.5) is 4.39 Å². The van der Waals surface area contributed by atoms with E-state index in [4.69, 9.17) is 4.74 Å². The minimum Gasteiger partial charge on any atom is -0.380 e. The van der Waals surface area contributed by atoms with Gasteiger partial charge in [0.05, 0.1) is 6.61 Å². The highest BCUT2D eigenvalue weighted by Gasteiger charge is 2.22. The van der Waals surface area contributed by atoms with Crippen molar-refractivity contribution in [3.05, 3.63) is 35.6 Å². The lowest BCUT2D eigenvalue weighted by Gasteiger charge is -2.19. The number of benzene rings is 1. The van der Waals surface area contributed by atoms with Crippen LogP contribution in [0.2, 0.25) is 0 Å². The van der Waals surface area contributed by atoms with Gasteiger partial charge in [0, 0.05) is 19.1 Å². The Kier molecular flexibility index (Phi) is 5.99. The molecule has 0 amide bonds. The molecule has 1 aromatic rings. The molecule has 1 aliphatic carbocycles. The van der Waals surface area contributed by atoms with E-state index in [0.717, 1.165) is 31.2 Å². The summed E-state index contributed by atoms with van der Waals surface area (Å²) in [6.07, 6.45) is 2.58. The molecule has 20 heavy (non-hydrogen) atoms. The van der Waals surface area contributed by atoms with Gasteiger partial charge in [-0.2, -0.15) is 0 Å². The second-order valence-corrected chi connectivity index (χ2v) is 6.25. The second-order valence-electron chi connectivity index (χ2n) is 6.25. The van der Waals surface area contributed by atoms with E-state index in [1.54, 1.807) is 6.07 Å². The molecule has 0 radical (unpaired) electrons. The zero-order chi connectivity index (χ0) is 14.4. The van der Waals surface area contributed by atoms with Crippen molar-refractivity contribution in [1.29, 1.82) is 0 Å². The molecule has 0 saturated heterocycles. The highest BCUT2D eigenvalue weighted by Crippen LogP contribution is 2.29. The van der Waals surface area contributed by atoms with Gasteiger partial charge in [0.15, 0.2) is 0 Å². The summed E-state index contributed by atoms with van der Waals surface area (Å²) in [4.78, 5) is 0. The van der Waals surface area contributed by atoms with Gasteiger partial charge in [-0.1, -0.05) is 32.0 Å². The van der Waals surface area contributed by atoms with Crippen LogP contribution in [0.5, 0.6) is 0 Å². The Balaban J connectivity index is 1.89. The summed E-state index contributed by atoms with van der Waals surface area (Å²) in [7, 11) is 0. The predicted octanol–water partition coefficient (Wildman–Crippen LogP) is 3.58. The first-order valence-corrected chi connectivity index (χ1v) is 7.69. The highest BCUT2D eigenvalue weighted by molar-refractivity contribution is 5.22. The number of hydrogen-bond acceptors (Lipinski definition) is 2. The Morgan fingerprint density at radius 1 is 1.25 bits per heavy atom. The largest absolute Gasteiger partial charge is 0.380 e. The van der Waals surface area contributed by atoms with Gasteiger partial charge in [-0.25, -0.2) is 4.39 Å². The predicted molar refractivity (Wildman–Crippen MR) is 80.4 cm³/mol. The second kappa shape index (κ2) is 7.75. The van der Waals surface area contributed by atoms with Crippen molar-refractivity contribution in [3.8, 4) is 0 Å². The average molecular weight is 279 g/mol. The van der Waals surface area contributed by atoms with Crippen molar-refractivity contribution in [3.63, 3.8) is 0 Å². The first kappa shape index (κ1) is 15.5. The van der Waals surface area contributed by atoms with E-state index in [2.05, 4.69) is 19.2 Å². The fourth-order valence-corrected chi connectivity index (χ4v) is 2.27. The zero-order valence-electron chi connectivity index (χ0n) is 12.6. The summed E-state index contributed by atoms with van der Waals surface area (Å²) in [5, 5.41) is 3.42. The minimum atomic E-state index is -0.126. The Hall–Kier alpha value is -0.930. The maximum absolute atomic E-state index is 13.9. The van der Waals surface area contributed by atoms with Gasteiger partial charge in [-0.05, 0) is 42.9 Å². The van der Waals surface area contributed by atoms with Crippen molar-refractivity contribution in [2.75, 3.05) is 26.3 Å². The van der Waals surface area contributed by atoms with Crippen LogP contribution in [0.3, 0.4) is 0 Å². The SMILES string of the molecule is CC(C)CNCC(COCC1CC1)c1ccccc1F. The summed E-state index contributed by atoms with van der Waals surface area (Å²) >= 11 is 0. The summed E-state index contributed by atoms with van der Waals surface area (Å²) in [5.74, 6) is 1.32. The monoisotopic (exact) mass is 279 g/mol. The van der Waals surface area contributed by atoms with Gasteiger partial charge in [0.2, 0.25) is 0 Å². The quantitative estimate of drug-likeness (QED) is 0.746. The van der Waals surface area contributed by atoms with Gasteiger partial charge in [-0.3, -0.25) is 0 Å². The van der Waals surface area contributed by atoms with Crippen LogP contribution >= 0.6 is 0 Å². The lowest BCUT2D eigenvalue weighted by atomic mass is 9.99. The van der Waals surface area contributed by atoms with E-state index in [1.165, 1.54) is 18.9 Å². The molecule has 0 spiro atoms. The molecule has 1 saturated carbocycles. The van der Waals surface area contributed by atoms with E-state index in [1.807, 2.05) is 12.1 Å². The Morgan fingerprint density at radius 2 is 2.00 bits per heavy atom. The van der Waals surface area contributed by atoms with E-state index in [-0.39, 0.29) is 11.7 Å². The molecule has 1 N–H and O–H groups in total. The molecule has 1 aliphatic rings. The van der Waals surface area contributed by atoms with Crippen molar-refractivity contribution in [2.45, 2.75) is 32.6 Å². The molecule has 1 aromatic carbocycles. The van der Waals surface area contributed by atoms with Gasteiger partial charge in [0.1, 0.15) is 5.82 Å². The number of halogens is 1. The van der Waals surface area contributed by atoms with Crippen LogP contribution in [0.1, 0.15) is 38.2 Å². The molecule has 3 heteroatoms. The van der Waals surface area contributed by atoms with E-state index < -0.39 is 0 Å². The summed E-state index contributed by atoms with van der Waals surface area (Å²) in [6.45, 7) is 7.50. The maximum Gasteiger partial charge on any atom is 0.126 e. The molecule has 1 unspecified atom stereocenters. The minimum absolute atomic E-state index is 0.0914. The molecule has 1 atom stereocenters. The molecule has 2 nitrogen and oxygen atoms in total. The Bertz CT molecular complexity index is 396. The molecule has 0 aliphatic heterocycles. The maximum atomic E-state index is 13.9. The molecule has 112 valence electrons. The molecular formula is C17H26FNO. The summed E-state index contributed by atoms with van der Waals surface area (Å²) in [6, 6.07) is 7.04. The van der Waals surface area contributed by atoms with E-state index in [9.17, 15) is 4.39 Å². The third-order valence-corrected chi connectivity index (χ3v) is 3.66. The first-order chi connectivity index (χ1) is 9.66. The van der Waals surface area contributed by atoms with E-state index in [0.29, 0.717) is 12.5 Å². The van der Waals surface area contributed by atoms with Crippen LogP contribution in [0.25, 0.3) is 0 Å². The average Bonchev–Trinajstić information content (AvgIpc) is 3.21. The lowest BCUT2D eigenvalue weighted by molar-refractivity contribution is 0.109. The number of hydrogen-bond donors (Lipinski definition) is 1. The van der Waals surface area contributed by atoms with Crippen molar-refractivity contribution >= 4 is 0 Å². The van der Waals surface area contributed by atoms with Crippen molar-refractivity contribution in [2.24, 2.45) is 11.8 Å². The fourth-order valence-electron chi connectivity index (χ4n) is 2.27. The van der Waals surface area contributed by atoms with Gasteiger partial charge >= 0.3 is 0 Å². The van der Waals surface area contributed by atoms with Gasteiger partial charge in [0.25, 0.3) is 0 Å². The third-order valence-electron chi connectivity index (χ3n) is 3.66. The smallest absolute Gasteiger partial charge is 0.126 e. The van der Waals surface area contributed by atoms with E-state index >= 15 is 0 Å². The summed E-state index contributed by atoms with van der Waals surface area (Å²) in [5.41, 5.74) is 0.763. The van der Waals surface area contributed by atoms with Gasteiger partial charge < -0.3 is 10.1 Å². The van der Waals surface area contributed by atoms with Crippen LogP contribution < -0.4 is 5.32 Å². The van der Waals surface area contributed by atoms with Gasteiger partial charge in [-0.15, -0.1) is 0 Å². The summed E-state index contributed by atoms with van der Waals surface area (Å²) < 4.78 is 19.7. The third kappa shape index (κ3) is 5.22. The molecule has 2 rings (SSSR count). The molecular weight excluding hydrogens is 253 g/mol. The first-order valence-electron chi connectivity index (χ1n) is 7.69. The number of rotatable bonds is 9. The highest BCUT2D eigenvalue weighted by atomic mass is 19.1. The van der Waals surface area contributed by atoms with Crippen LogP contribution in [-0.2, 0) is 4.74 Å².